The molecule has 0 aliphatic carbocycles. The molecule has 0 N–H and O–H groups in total. The first-order valence-electron chi connectivity index (χ1n) is 9.81. The van der Waals surface area contributed by atoms with Crippen molar-refractivity contribution >= 4 is 20.4 Å². The number of rotatable bonds is 15. The first-order valence-corrected chi connectivity index (χ1v) is 13.3. The second-order valence-electron chi connectivity index (χ2n) is 7.05. The predicted octanol–water partition coefficient (Wildman–Crippen LogP) is 7.27. The van der Waals surface area contributed by atoms with E-state index in [4.69, 9.17) is 0 Å². The van der Waals surface area contributed by atoms with Gasteiger partial charge in [-0.05, 0) is 17.9 Å². The Morgan fingerprint density at radius 3 is 1.45 bits per heavy atom. The van der Waals surface area contributed by atoms with Gasteiger partial charge in [-0.1, -0.05) is 59.3 Å². The molecule has 31 heavy (non-hydrogen) atoms. The third kappa shape index (κ3) is 6.81. The minimum Gasteiger partial charge on any atom is -0.215 e. The Labute approximate surface area is 178 Å². The second-order valence-corrected chi connectivity index (χ2v) is 12.5. The average molecular weight is 517 g/mol. The molecule has 0 saturated heterocycles. The third-order valence-corrected chi connectivity index (χ3v) is 10.7. The molecular weight excluding hydrogens is 487 g/mol. The summed E-state index contributed by atoms with van der Waals surface area (Å²) in [5.74, 6) is -15.0. The molecular formula is C17H29F9O3S2. The molecule has 0 spiro atoms. The molecule has 0 bridgehead atoms. The summed E-state index contributed by atoms with van der Waals surface area (Å²) in [5, 5.41) is -6.80. The van der Waals surface area contributed by atoms with E-state index in [-0.39, 0.29) is 17.3 Å². The van der Waals surface area contributed by atoms with E-state index in [2.05, 4.69) is 3.63 Å². The van der Waals surface area contributed by atoms with E-state index in [0.29, 0.717) is 12.8 Å². The van der Waals surface area contributed by atoms with Crippen LogP contribution in [0.25, 0.3) is 0 Å². The SMILES string of the molecule is CCCCCCCCCS(CC)(CC)OS(=O)(=O)C(F)(F)C(F)(F)C(F)(F)C(F)(F)F. The standard InChI is InChI=1S/C17H29F9O3S2/c1-4-7-8-9-10-11-12-13-30(5-2,6-3)29-31(27,28)17(25,26)15(20,21)14(18,19)16(22,23)24/h4-13H2,1-3H3. The van der Waals surface area contributed by atoms with Crippen molar-refractivity contribution in [2.45, 2.75) is 89.0 Å². The van der Waals surface area contributed by atoms with Crippen LogP contribution in [0.3, 0.4) is 0 Å². The fraction of sp³-hybridized carbons (Fsp3) is 1.00. The van der Waals surface area contributed by atoms with Crippen molar-refractivity contribution in [1.82, 2.24) is 0 Å². The van der Waals surface area contributed by atoms with Crippen molar-refractivity contribution in [1.29, 1.82) is 0 Å². The maximum absolute atomic E-state index is 13.9. The molecule has 0 amide bonds. The molecule has 3 nitrogen and oxygen atoms in total. The zero-order chi connectivity index (χ0) is 24.8. The molecule has 190 valence electrons. The second kappa shape index (κ2) is 11.2. The number of alkyl halides is 9. The number of hydrogen-bond donors (Lipinski definition) is 0. The molecule has 0 aromatic carbocycles. The van der Waals surface area contributed by atoms with Crippen LogP contribution >= 0.6 is 10.3 Å². The van der Waals surface area contributed by atoms with Gasteiger partial charge in [-0.3, -0.25) is 0 Å². The van der Waals surface area contributed by atoms with Crippen LogP contribution in [0, 0.1) is 0 Å². The Balaban J connectivity index is 5.57. The van der Waals surface area contributed by atoms with Crippen molar-refractivity contribution in [3.8, 4) is 0 Å². The Morgan fingerprint density at radius 1 is 0.645 bits per heavy atom. The zero-order valence-electron chi connectivity index (χ0n) is 17.5. The molecule has 0 radical (unpaired) electrons. The minimum atomic E-state index is -7.30. The van der Waals surface area contributed by atoms with Gasteiger partial charge in [0.2, 0.25) is 0 Å². The smallest absolute Gasteiger partial charge is 0.215 e. The molecule has 0 saturated carbocycles. The van der Waals surface area contributed by atoms with E-state index in [9.17, 15) is 47.9 Å². The van der Waals surface area contributed by atoms with E-state index < -0.39 is 43.7 Å². The highest BCUT2D eigenvalue weighted by Gasteiger charge is 2.86. The molecule has 0 heterocycles. The van der Waals surface area contributed by atoms with Crippen LogP contribution in [-0.2, 0) is 13.7 Å². The summed E-state index contributed by atoms with van der Waals surface area (Å²) in [6, 6.07) is 0. The number of hydrogen-bond acceptors (Lipinski definition) is 3. The van der Waals surface area contributed by atoms with Gasteiger partial charge in [0, 0.05) is 5.75 Å². The van der Waals surface area contributed by atoms with Crippen LogP contribution in [0.1, 0.15) is 65.7 Å². The van der Waals surface area contributed by atoms with Crippen LogP contribution in [0.4, 0.5) is 39.5 Å². The van der Waals surface area contributed by atoms with Gasteiger partial charge in [0.25, 0.3) is 0 Å². The summed E-state index contributed by atoms with van der Waals surface area (Å²) >= 11 is 0. The van der Waals surface area contributed by atoms with Crippen molar-refractivity contribution in [3.05, 3.63) is 0 Å². The Morgan fingerprint density at radius 2 is 1.06 bits per heavy atom. The van der Waals surface area contributed by atoms with Gasteiger partial charge >= 0.3 is 33.4 Å². The minimum absolute atomic E-state index is 0.0929. The monoisotopic (exact) mass is 516 g/mol. The first kappa shape index (κ1) is 30.6. The van der Waals surface area contributed by atoms with E-state index in [1.165, 1.54) is 13.8 Å². The van der Waals surface area contributed by atoms with Gasteiger partial charge in [-0.25, -0.2) is 3.63 Å². The van der Waals surface area contributed by atoms with E-state index in [0.717, 1.165) is 32.1 Å². The normalized spacial score (nSPS) is 15.4. The van der Waals surface area contributed by atoms with Crippen molar-refractivity contribution in [2.75, 3.05) is 17.3 Å². The summed E-state index contributed by atoms with van der Waals surface area (Å²) in [4.78, 5) is 0. The fourth-order valence-electron chi connectivity index (χ4n) is 2.70. The van der Waals surface area contributed by atoms with E-state index in [1.807, 2.05) is 6.92 Å². The molecule has 0 aliphatic rings. The highest BCUT2D eigenvalue weighted by atomic mass is 32.3. The van der Waals surface area contributed by atoms with Crippen molar-refractivity contribution in [2.24, 2.45) is 0 Å². The third-order valence-electron chi connectivity index (χ3n) is 4.84. The van der Waals surface area contributed by atoms with E-state index >= 15 is 0 Å². The summed E-state index contributed by atoms with van der Waals surface area (Å²) in [7, 11) is -9.80. The van der Waals surface area contributed by atoms with Gasteiger partial charge < -0.3 is 0 Å². The predicted molar refractivity (Wildman–Crippen MR) is 102 cm³/mol. The van der Waals surface area contributed by atoms with Crippen molar-refractivity contribution in [3.63, 3.8) is 0 Å². The highest BCUT2D eigenvalue weighted by Crippen LogP contribution is 2.59. The molecule has 0 fully saturated rings. The topological polar surface area (TPSA) is 43.4 Å². The maximum Gasteiger partial charge on any atom is 0.460 e. The lowest BCUT2D eigenvalue weighted by Gasteiger charge is -2.39. The number of unbranched alkanes of at least 4 members (excludes halogenated alkanes) is 6. The van der Waals surface area contributed by atoms with Crippen LogP contribution < -0.4 is 0 Å². The van der Waals surface area contributed by atoms with Crippen LogP contribution in [-0.4, -0.2) is 49.0 Å². The van der Waals surface area contributed by atoms with E-state index in [1.54, 1.807) is 0 Å². The first-order chi connectivity index (χ1) is 13.9. The largest absolute Gasteiger partial charge is 0.460 e. The van der Waals surface area contributed by atoms with Gasteiger partial charge in [0.1, 0.15) is 0 Å². The van der Waals surface area contributed by atoms with Crippen LogP contribution in [0.15, 0.2) is 0 Å². The summed E-state index contributed by atoms with van der Waals surface area (Å²) in [6.07, 6.45) is -1.60. The summed E-state index contributed by atoms with van der Waals surface area (Å²) in [6.45, 7) is 4.70. The van der Waals surface area contributed by atoms with Gasteiger partial charge in [0.05, 0.1) is 0 Å². The van der Waals surface area contributed by atoms with Gasteiger partial charge in [-0.2, -0.15) is 47.9 Å². The molecule has 0 aromatic rings. The Kier molecular flexibility index (Phi) is 11.0. The Hall–Kier alpha value is -0.370. The Bertz CT molecular complexity index is 646. The van der Waals surface area contributed by atoms with Crippen LogP contribution in [0.2, 0.25) is 0 Å². The molecule has 0 rings (SSSR count). The molecule has 0 unspecified atom stereocenters. The lowest BCUT2D eigenvalue weighted by atomic mass is 10.1. The van der Waals surface area contributed by atoms with Crippen LogP contribution in [0.5, 0.6) is 0 Å². The average Bonchev–Trinajstić information content (AvgIpc) is 2.64. The molecule has 0 atom stereocenters. The quantitative estimate of drug-likeness (QED) is 0.170. The van der Waals surface area contributed by atoms with Gasteiger partial charge in [-0.15, -0.1) is 10.3 Å². The lowest BCUT2D eigenvalue weighted by molar-refractivity contribution is -0.382. The number of halogens is 9. The molecule has 14 heteroatoms. The summed E-state index contributed by atoms with van der Waals surface area (Å²) < 4.78 is 146. The van der Waals surface area contributed by atoms with Crippen molar-refractivity contribution < 1.29 is 51.6 Å². The zero-order valence-corrected chi connectivity index (χ0v) is 19.1. The fourth-order valence-corrected chi connectivity index (χ4v) is 7.76. The molecule has 0 aliphatic heterocycles. The highest BCUT2D eigenvalue weighted by molar-refractivity contribution is 8.33. The maximum atomic E-state index is 13.9. The summed E-state index contributed by atoms with van der Waals surface area (Å²) in [5.41, 5.74) is 0. The molecule has 0 aromatic heterocycles. The lowest BCUT2D eigenvalue weighted by Crippen LogP contribution is -2.63. The van der Waals surface area contributed by atoms with Gasteiger partial charge in [0.15, 0.2) is 0 Å².